The van der Waals surface area contributed by atoms with E-state index in [0.717, 1.165) is 35.2 Å². The summed E-state index contributed by atoms with van der Waals surface area (Å²) in [5, 5.41) is 15.2. The molecule has 0 aliphatic rings. The summed E-state index contributed by atoms with van der Waals surface area (Å²) in [4.78, 5) is 38.4. The van der Waals surface area contributed by atoms with Crippen LogP contribution in [0.1, 0.15) is 54.9 Å². The molecule has 3 rings (SSSR count). The summed E-state index contributed by atoms with van der Waals surface area (Å²) in [6.07, 6.45) is 5.88. The monoisotopic (exact) mass is 515 g/mol. The number of benzene rings is 3. The molecule has 0 heterocycles. The van der Waals surface area contributed by atoms with Crippen LogP contribution in [0.3, 0.4) is 0 Å². The number of hydrogen-bond donors (Lipinski definition) is 3. The molecule has 3 N–H and O–H groups in total. The fourth-order valence-corrected chi connectivity index (χ4v) is 4.15. The van der Waals surface area contributed by atoms with Gasteiger partial charge in [-0.25, -0.2) is 9.59 Å². The highest BCUT2D eigenvalue weighted by atomic mass is 16.4. The van der Waals surface area contributed by atoms with Crippen molar-refractivity contribution in [1.29, 1.82) is 0 Å². The van der Waals surface area contributed by atoms with E-state index in [1.54, 1.807) is 42.3 Å². The van der Waals surface area contributed by atoms with Gasteiger partial charge < -0.3 is 15.7 Å². The van der Waals surface area contributed by atoms with Crippen molar-refractivity contribution in [1.82, 2.24) is 10.6 Å². The van der Waals surface area contributed by atoms with Gasteiger partial charge in [0.2, 0.25) is 0 Å². The molecule has 0 saturated heterocycles. The van der Waals surface area contributed by atoms with Crippen molar-refractivity contribution in [2.45, 2.75) is 51.5 Å². The first-order valence-electron chi connectivity index (χ1n) is 13.2. The highest BCUT2D eigenvalue weighted by Crippen LogP contribution is 2.25. The zero-order chi connectivity index (χ0) is 27.3. The van der Waals surface area contributed by atoms with Crippen molar-refractivity contribution in [3.63, 3.8) is 0 Å². The fourth-order valence-electron chi connectivity index (χ4n) is 4.15. The fraction of sp³-hybridized carbons (Fsp3) is 0.323. The van der Waals surface area contributed by atoms with Crippen molar-refractivity contribution >= 4 is 23.6 Å². The van der Waals surface area contributed by atoms with Crippen molar-refractivity contribution in [3.05, 3.63) is 90.0 Å². The second kappa shape index (κ2) is 14.6. The number of carboxylic acid groups (broad SMARTS) is 1. The molecule has 7 heteroatoms. The number of unbranched alkanes of at least 4 members (excludes halogenated alkanes) is 4. The van der Waals surface area contributed by atoms with E-state index in [0.29, 0.717) is 12.1 Å². The van der Waals surface area contributed by atoms with Crippen LogP contribution < -0.4 is 15.5 Å². The van der Waals surface area contributed by atoms with Crippen LogP contribution in [0.5, 0.6) is 0 Å². The summed E-state index contributed by atoms with van der Waals surface area (Å²) in [7, 11) is 1.75. The minimum atomic E-state index is -1.09. The first-order valence-corrected chi connectivity index (χ1v) is 13.2. The molecular weight excluding hydrogens is 478 g/mol. The number of nitrogens with zero attached hydrogens (tertiary/aromatic N) is 1. The number of hydrogen-bond acceptors (Lipinski definition) is 3. The van der Waals surface area contributed by atoms with Gasteiger partial charge in [0.05, 0.1) is 0 Å². The van der Waals surface area contributed by atoms with Crippen LogP contribution in [0.15, 0.2) is 78.9 Å². The Morgan fingerprint density at radius 1 is 0.842 bits per heavy atom. The van der Waals surface area contributed by atoms with Gasteiger partial charge in [-0.3, -0.25) is 9.69 Å². The normalized spacial score (nSPS) is 11.4. The molecule has 3 aromatic carbocycles. The number of aliphatic carboxylic acids is 1. The largest absolute Gasteiger partial charge is 0.480 e. The molecule has 0 unspecified atom stereocenters. The van der Waals surface area contributed by atoms with Crippen molar-refractivity contribution < 1.29 is 19.5 Å². The smallest absolute Gasteiger partial charge is 0.326 e. The van der Waals surface area contributed by atoms with E-state index in [4.69, 9.17) is 0 Å². The number of rotatable bonds is 13. The Kier molecular flexibility index (Phi) is 10.9. The van der Waals surface area contributed by atoms with Crippen LogP contribution in [0.25, 0.3) is 11.1 Å². The lowest BCUT2D eigenvalue weighted by Gasteiger charge is -2.19. The maximum Gasteiger partial charge on any atom is 0.326 e. The Morgan fingerprint density at radius 2 is 1.55 bits per heavy atom. The minimum absolute atomic E-state index is 0.134. The highest BCUT2D eigenvalue weighted by Gasteiger charge is 2.21. The van der Waals surface area contributed by atoms with Crippen molar-refractivity contribution in [2.24, 2.45) is 0 Å². The molecule has 3 amide bonds. The highest BCUT2D eigenvalue weighted by molar-refractivity contribution is 5.96. The molecule has 0 spiro atoms. The topological polar surface area (TPSA) is 98.7 Å². The second-order valence-corrected chi connectivity index (χ2v) is 9.39. The molecule has 0 fully saturated rings. The van der Waals surface area contributed by atoms with Gasteiger partial charge >= 0.3 is 12.0 Å². The number of amides is 3. The molecule has 1 atom stereocenters. The van der Waals surface area contributed by atoms with E-state index in [9.17, 15) is 19.5 Å². The molecule has 0 radical (unpaired) electrons. The standard InChI is InChI=1S/C31H37N3O4/c1-3-4-5-6-10-20-32-31(38)34(2)27-15-11-14-26(22-27)24-18-16-23(17-19-24)21-28(30(36)37)33-29(35)25-12-8-7-9-13-25/h7-9,11-19,22,28H,3-6,10,20-21H2,1-2H3,(H,32,38)(H,33,35)(H,36,37)/t28-/m0/s1. The number of nitrogens with one attached hydrogen (secondary N) is 2. The Balaban J connectivity index is 1.60. The summed E-state index contributed by atoms with van der Waals surface area (Å²) in [6, 6.07) is 22.7. The number of carbonyl (C=O) groups excluding carboxylic acids is 2. The SMILES string of the molecule is CCCCCCCNC(=O)N(C)c1cccc(-c2ccc(C[C@H](NC(=O)c3ccccc3)C(=O)O)cc2)c1. The maximum atomic E-state index is 12.6. The Bertz CT molecular complexity index is 1200. The van der Waals surface area contributed by atoms with Gasteiger partial charge in [-0.05, 0) is 47.4 Å². The number of carboxylic acids is 1. The van der Waals surface area contributed by atoms with Crippen molar-refractivity contribution in [2.75, 3.05) is 18.5 Å². The second-order valence-electron chi connectivity index (χ2n) is 9.39. The van der Waals surface area contributed by atoms with Gasteiger partial charge in [-0.1, -0.05) is 87.2 Å². The zero-order valence-corrected chi connectivity index (χ0v) is 22.2. The van der Waals surface area contributed by atoms with Crippen LogP contribution in [-0.4, -0.2) is 42.6 Å². The number of carbonyl (C=O) groups is 3. The summed E-state index contributed by atoms with van der Waals surface area (Å²) in [6.45, 7) is 2.85. The summed E-state index contributed by atoms with van der Waals surface area (Å²) < 4.78 is 0. The number of urea groups is 1. The van der Waals surface area contributed by atoms with Crippen molar-refractivity contribution in [3.8, 4) is 11.1 Å². The average Bonchev–Trinajstić information content (AvgIpc) is 2.94. The Labute approximate surface area is 224 Å². The molecule has 200 valence electrons. The van der Waals surface area contributed by atoms with Gasteiger partial charge in [-0.15, -0.1) is 0 Å². The van der Waals surface area contributed by atoms with E-state index in [1.165, 1.54) is 19.3 Å². The molecule has 0 aliphatic heterocycles. The van der Waals surface area contributed by atoms with Crippen LogP contribution >= 0.6 is 0 Å². The zero-order valence-electron chi connectivity index (χ0n) is 22.2. The molecule has 0 bridgehead atoms. The molecule has 0 saturated carbocycles. The van der Waals surface area contributed by atoms with Crippen LogP contribution in [0.2, 0.25) is 0 Å². The van der Waals surface area contributed by atoms with E-state index in [2.05, 4.69) is 17.6 Å². The lowest BCUT2D eigenvalue weighted by Crippen LogP contribution is -2.42. The van der Waals surface area contributed by atoms with E-state index in [1.807, 2.05) is 48.5 Å². The Hall–Kier alpha value is -4.13. The van der Waals surface area contributed by atoms with Crippen LogP contribution in [0, 0.1) is 0 Å². The minimum Gasteiger partial charge on any atom is -0.480 e. The lowest BCUT2D eigenvalue weighted by atomic mass is 10.00. The first kappa shape index (κ1) is 28.4. The summed E-state index contributed by atoms with van der Waals surface area (Å²) in [5.74, 6) is -1.51. The quantitative estimate of drug-likeness (QED) is 0.247. The predicted molar refractivity (Wildman–Crippen MR) is 151 cm³/mol. The molecule has 38 heavy (non-hydrogen) atoms. The first-order chi connectivity index (χ1) is 18.4. The van der Waals surface area contributed by atoms with Gasteiger partial charge in [0, 0.05) is 31.3 Å². The lowest BCUT2D eigenvalue weighted by molar-refractivity contribution is -0.139. The molecule has 3 aromatic rings. The van der Waals surface area contributed by atoms with Crippen LogP contribution in [-0.2, 0) is 11.2 Å². The van der Waals surface area contributed by atoms with Gasteiger partial charge in [-0.2, -0.15) is 0 Å². The molecule has 7 nitrogen and oxygen atoms in total. The predicted octanol–water partition coefficient (Wildman–Crippen LogP) is 5.90. The third-order valence-corrected chi connectivity index (χ3v) is 6.46. The van der Waals surface area contributed by atoms with E-state index >= 15 is 0 Å². The maximum absolute atomic E-state index is 12.6. The van der Waals surface area contributed by atoms with Gasteiger partial charge in [0.15, 0.2) is 0 Å². The number of anilines is 1. The Morgan fingerprint density at radius 3 is 2.24 bits per heavy atom. The molecule has 0 aliphatic carbocycles. The third kappa shape index (κ3) is 8.47. The summed E-state index contributed by atoms with van der Waals surface area (Å²) in [5.41, 5.74) is 3.88. The summed E-state index contributed by atoms with van der Waals surface area (Å²) >= 11 is 0. The third-order valence-electron chi connectivity index (χ3n) is 6.46. The van der Waals surface area contributed by atoms with Crippen LogP contribution in [0.4, 0.5) is 10.5 Å². The average molecular weight is 516 g/mol. The van der Waals surface area contributed by atoms with E-state index in [-0.39, 0.29) is 12.5 Å². The van der Waals surface area contributed by atoms with Gasteiger partial charge in [0.25, 0.3) is 5.91 Å². The van der Waals surface area contributed by atoms with E-state index < -0.39 is 17.9 Å². The molecule has 0 aromatic heterocycles. The molecular formula is C31H37N3O4. The van der Waals surface area contributed by atoms with Gasteiger partial charge in [0.1, 0.15) is 6.04 Å².